The van der Waals surface area contributed by atoms with Crippen LogP contribution in [0.25, 0.3) is 0 Å². The number of nitrogens with zero attached hydrogens (tertiary/aromatic N) is 2. The van der Waals surface area contributed by atoms with Gasteiger partial charge >= 0.3 is 0 Å². The molecule has 3 nitrogen and oxygen atoms in total. The minimum absolute atomic E-state index is 0.302. The molecule has 0 aromatic rings. The van der Waals surface area contributed by atoms with Crippen LogP contribution in [0.2, 0.25) is 0 Å². The lowest BCUT2D eigenvalue weighted by Crippen LogP contribution is -2.24. The smallest absolute Gasteiger partial charge is 0.116 e. The molecule has 0 aliphatic carbocycles. The van der Waals surface area contributed by atoms with Gasteiger partial charge in [-0.15, -0.1) is 0 Å². The molecule has 0 fully saturated rings. The van der Waals surface area contributed by atoms with Crippen molar-refractivity contribution in [2.45, 2.75) is 13.8 Å². The second-order valence-electron chi connectivity index (χ2n) is 2.79. The standard InChI is InChI=1S/C9H12N2O/c1-3-11-5-8(4-10)7(2)9(12)6-11/h5,12H,3,6H2,1-2H3. The molecule has 64 valence electrons. The van der Waals surface area contributed by atoms with Crippen LogP contribution in [0.5, 0.6) is 0 Å². The van der Waals surface area contributed by atoms with Crippen molar-refractivity contribution < 1.29 is 5.11 Å². The van der Waals surface area contributed by atoms with E-state index in [4.69, 9.17) is 5.26 Å². The summed E-state index contributed by atoms with van der Waals surface area (Å²) in [5, 5.41) is 18.1. The summed E-state index contributed by atoms with van der Waals surface area (Å²) >= 11 is 0. The van der Waals surface area contributed by atoms with Crippen LogP contribution in [0.4, 0.5) is 0 Å². The van der Waals surface area contributed by atoms with Crippen molar-refractivity contribution in [3.05, 3.63) is 23.1 Å². The Morgan fingerprint density at radius 3 is 2.92 bits per heavy atom. The Kier molecular flexibility index (Phi) is 2.39. The van der Waals surface area contributed by atoms with E-state index in [0.29, 0.717) is 23.5 Å². The summed E-state index contributed by atoms with van der Waals surface area (Å²) in [6, 6.07) is 2.05. The molecular weight excluding hydrogens is 152 g/mol. The van der Waals surface area contributed by atoms with E-state index in [1.54, 1.807) is 13.1 Å². The van der Waals surface area contributed by atoms with Crippen LogP contribution in [0.3, 0.4) is 0 Å². The molecule has 1 rings (SSSR count). The lowest BCUT2D eigenvalue weighted by atomic mass is 10.1. The van der Waals surface area contributed by atoms with Gasteiger partial charge in [-0.1, -0.05) is 0 Å². The van der Waals surface area contributed by atoms with Gasteiger partial charge < -0.3 is 10.0 Å². The maximum absolute atomic E-state index is 9.43. The number of aliphatic hydroxyl groups excluding tert-OH is 1. The van der Waals surface area contributed by atoms with Gasteiger partial charge in [0.2, 0.25) is 0 Å². The number of hydrogen-bond acceptors (Lipinski definition) is 3. The van der Waals surface area contributed by atoms with Crippen molar-refractivity contribution in [3.8, 4) is 6.07 Å². The third kappa shape index (κ3) is 1.42. The van der Waals surface area contributed by atoms with Gasteiger partial charge in [0, 0.05) is 18.3 Å². The van der Waals surface area contributed by atoms with Gasteiger partial charge in [0.1, 0.15) is 11.8 Å². The van der Waals surface area contributed by atoms with E-state index in [9.17, 15) is 5.11 Å². The number of aliphatic hydroxyl groups is 1. The summed E-state index contributed by atoms with van der Waals surface area (Å²) in [4.78, 5) is 1.90. The van der Waals surface area contributed by atoms with Crippen LogP contribution in [0, 0.1) is 11.3 Å². The molecule has 1 heterocycles. The largest absolute Gasteiger partial charge is 0.510 e. The Labute approximate surface area is 72.2 Å². The van der Waals surface area contributed by atoms with Crippen LogP contribution in [0.1, 0.15) is 13.8 Å². The van der Waals surface area contributed by atoms with Gasteiger partial charge in [0.15, 0.2) is 0 Å². The maximum atomic E-state index is 9.43. The van der Waals surface area contributed by atoms with Gasteiger partial charge in [0.05, 0.1) is 12.1 Å². The average Bonchev–Trinajstić information content (AvgIpc) is 2.09. The predicted octanol–water partition coefficient (Wildman–Crippen LogP) is 1.56. The molecule has 0 radical (unpaired) electrons. The van der Waals surface area contributed by atoms with Crippen molar-refractivity contribution in [1.29, 1.82) is 5.26 Å². The molecule has 0 amide bonds. The Morgan fingerprint density at radius 2 is 2.42 bits per heavy atom. The fourth-order valence-corrected chi connectivity index (χ4v) is 1.11. The van der Waals surface area contributed by atoms with E-state index in [0.717, 1.165) is 6.54 Å². The number of hydrogen-bond donors (Lipinski definition) is 1. The van der Waals surface area contributed by atoms with Crippen LogP contribution in [-0.2, 0) is 0 Å². The van der Waals surface area contributed by atoms with Gasteiger partial charge in [-0.05, 0) is 13.8 Å². The summed E-state index contributed by atoms with van der Waals surface area (Å²) in [6.07, 6.45) is 1.79. The molecule has 0 saturated carbocycles. The van der Waals surface area contributed by atoms with Crippen molar-refractivity contribution >= 4 is 0 Å². The molecule has 1 aliphatic rings. The first-order chi connectivity index (χ1) is 5.69. The van der Waals surface area contributed by atoms with Crippen molar-refractivity contribution in [2.75, 3.05) is 13.1 Å². The Balaban J connectivity index is 2.95. The first kappa shape index (κ1) is 8.66. The predicted molar refractivity (Wildman–Crippen MR) is 46.3 cm³/mol. The van der Waals surface area contributed by atoms with Gasteiger partial charge in [0.25, 0.3) is 0 Å². The summed E-state index contributed by atoms with van der Waals surface area (Å²) < 4.78 is 0. The second-order valence-corrected chi connectivity index (χ2v) is 2.79. The number of rotatable bonds is 1. The highest BCUT2D eigenvalue weighted by molar-refractivity contribution is 5.43. The highest BCUT2D eigenvalue weighted by Gasteiger charge is 2.14. The highest BCUT2D eigenvalue weighted by Crippen LogP contribution is 2.18. The lowest BCUT2D eigenvalue weighted by Gasteiger charge is -2.23. The molecule has 0 atom stereocenters. The topological polar surface area (TPSA) is 47.3 Å². The zero-order chi connectivity index (χ0) is 9.14. The summed E-state index contributed by atoms with van der Waals surface area (Å²) in [5.41, 5.74) is 1.25. The average molecular weight is 164 g/mol. The molecule has 0 bridgehead atoms. The quantitative estimate of drug-likeness (QED) is 0.639. The molecule has 1 aliphatic heterocycles. The van der Waals surface area contributed by atoms with Crippen LogP contribution >= 0.6 is 0 Å². The van der Waals surface area contributed by atoms with Gasteiger partial charge in [-0.2, -0.15) is 5.26 Å². The molecular formula is C9H12N2O. The molecule has 12 heavy (non-hydrogen) atoms. The van der Waals surface area contributed by atoms with Crippen molar-refractivity contribution in [3.63, 3.8) is 0 Å². The monoisotopic (exact) mass is 164 g/mol. The number of likely N-dealkylation sites (N-methyl/N-ethyl adjacent to an activating group) is 1. The molecule has 0 saturated heterocycles. The summed E-state index contributed by atoms with van der Waals surface area (Å²) in [6.45, 7) is 5.08. The van der Waals surface area contributed by atoms with E-state index < -0.39 is 0 Å². The first-order valence-corrected chi connectivity index (χ1v) is 3.94. The minimum atomic E-state index is 0.302. The molecule has 0 aromatic heterocycles. The molecule has 3 heteroatoms. The highest BCUT2D eigenvalue weighted by atomic mass is 16.3. The Morgan fingerprint density at radius 1 is 1.75 bits per heavy atom. The van der Waals surface area contributed by atoms with Crippen LogP contribution in [-0.4, -0.2) is 23.1 Å². The minimum Gasteiger partial charge on any atom is -0.510 e. The third-order valence-electron chi connectivity index (χ3n) is 2.03. The van der Waals surface area contributed by atoms with E-state index in [2.05, 4.69) is 0 Å². The molecule has 0 unspecified atom stereocenters. The van der Waals surface area contributed by atoms with Crippen molar-refractivity contribution in [1.82, 2.24) is 4.90 Å². The number of nitriles is 1. The van der Waals surface area contributed by atoms with E-state index >= 15 is 0 Å². The fourth-order valence-electron chi connectivity index (χ4n) is 1.11. The Hall–Kier alpha value is -1.43. The van der Waals surface area contributed by atoms with Gasteiger partial charge in [-0.25, -0.2) is 0 Å². The Bertz CT molecular complexity index is 283. The summed E-state index contributed by atoms with van der Waals surface area (Å²) in [7, 11) is 0. The van der Waals surface area contributed by atoms with Crippen molar-refractivity contribution in [2.24, 2.45) is 0 Å². The number of allylic oxidation sites excluding steroid dienone is 2. The fraction of sp³-hybridized carbons (Fsp3) is 0.444. The molecule has 0 spiro atoms. The first-order valence-electron chi connectivity index (χ1n) is 3.94. The summed E-state index contributed by atoms with van der Waals surface area (Å²) in [5.74, 6) is 0.302. The molecule has 0 aromatic carbocycles. The maximum Gasteiger partial charge on any atom is 0.116 e. The van der Waals surface area contributed by atoms with E-state index in [-0.39, 0.29) is 0 Å². The zero-order valence-electron chi connectivity index (χ0n) is 7.33. The van der Waals surface area contributed by atoms with Crippen LogP contribution in [0.15, 0.2) is 23.1 Å². The molecule has 1 N–H and O–H groups in total. The van der Waals surface area contributed by atoms with E-state index in [1.165, 1.54) is 0 Å². The van der Waals surface area contributed by atoms with Crippen LogP contribution < -0.4 is 0 Å². The third-order valence-corrected chi connectivity index (χ3v) is 2.03. The SMILES string of the molecule is CCN1C=C(C#N)C(C)=C(O)C1. The second kappa shape index (κ2) is 3.31. The lowest BCUT2D eigenvalue weighted by molar-refractivity contribution is 0.308. The van der Waals surface area contributed by atoms with E-state index in [1.807, 2.05) is 17.9 Å². The normalized spacial score (nSPS) is 17.4. The zero-order valence-corrected chi connectivity index (χ0v) is 7.33. The van der Waals surface area contributed by atoms with Gasteiger partial charge in [-0.3, -0.25) is 0 Å².